The van der Waals surface area contributed by atoms with E-state index in [0.717, 1.165) is 18.7 Å². The molecule has 0 aromatic heterocycles. The maximum atomic E-state index is 13.4. The number of hydrogen-bond donors (Lipinski definition) is 1. The van der Waals surface area contributed by atoms with Crippen molar-refractivity contribution in [1.29, 1.82) is 0 Å². The molecule has 27 heavy (non-hydrogen) atoms. The summed E-state index contributed by atoms with van der Waals surface area (Å²) in [6.07, 6.45) is 2.13. The van der Waals surface area contributed by atoms with Crippen LogP contribution in [0.25, 0.3) is 0 Å². The van der Waals surface area contributed by atoms with Gasteiger partial charge in [0, 0.05) is 25.6 Å². The molecular weight excluding hydrogens is 365 g/mol. The molecule has 0 amide bonds. The van der Waals surface area contributed by atoms with Crippen LogP contribution in [0, 0.1) is 5.82 Å². The summed E-state index contributed by atoms with van der Waals surface area (Å²) in [4.78, 5) is 2.32. The van der Waals surface area contributed by atoms with Crippen molar-refractivity contribution in [3.63, 3.8) is 0 Å². The van der Waals surface area contributed by atoms with Crippen molar-refractivity contribution in [3.8, 4) is 0 Å². The van der Waals surface area contributed by atoms with E-state index in [4.69, 9.17) is 4.74 Å². The van der Waals surface area contributed by atoms with Crippen LogP contribution in [0.3, 0.4) is 0 Å². The SMILES string of the molecule is C=CCC(O)(c1ccc(F)cc1)C(CN1CCOCC1)c1ccccc1.Cl. The molecule has 0 radical (unpaired) electrons. The van der Waals surface area contributed by atoms with Gasteiger partial charge in [-0.3, -0.25) is 4.90 Å². The Morgan fingerprint density at radius 3 is 2.33 bits per heavy atom. The summed E-state index contributed by atoms with van der Waals surface area (Å²) in [5, 5.41) is 11.8. The average molecular weight is 392 g/mol. The van der Waals surface area contributed by atoms with Crippen molar-refractivity contribution in [2.45, 2.75) is 17.9 Å². The van der Waals surface area contributed by atoms with Crippen LogP contribution in [0.1, 0.15) is 23.5 Å². The van der Waals surface area contributed by atoms with Crippen molar-refractivity contribution >= 4 is 12.4 Å². The van der Waals surface area contributed by atoms with E-state index in [-0.39, 0.29) is 24.1 Å². The molecule has 5 heteroatoms. The topological polar surface area (TPSA) is 32.7 Å². The normalized spacial score (nSPS) is 18.1. The molecule has 0 bridgehead atoms. The molecule has 0 aliphatic carbocycles. The standard InChI is InChI=1S/C22H26FNO2.ClH/c1-2-12-22(25,19-8-10-20(23)11-9-19)21(18-6-4-3-5-7-18)17-24-13-15-26-16-14-24;/h2-11,21,25H,1,12-17H2;1H. The fourth-order valence-corrected chi connectivity index (χ4v) is 3.68. The van der Waals surface area contributed by atoms with Crippen LogP contribution in [0.4, 0.5) is 4.39 Å². The van der Waals surface area contributed by atoms with E-state index in [1.165, 1.54) is 12.1 Å². The van der Waals surface area contributed by atoms with Gasteiger partial charge in [0.25, 0.3) is 0 Å². The molecule has 146 valence electrons. The number of benzene rings is 2. The van der Waals surface area contributed by atoms with Crippen LogP contribution in [-0.2, 0) is 10.3 Å². The lowest BCUT2D eigenvalue weighted by molar-refractivity contribution is -0.0206. The third kappa shape index (κ3) is 5.17. The largest absolute Gasteiger partial charge is 0.384 e. The van der Waals surface area contributed by atoms with Crippen molar-refractivity contribution in [2.75, 3.05) is 32.8 Å². The summed E-state index contributed by atoms with van der Waals surface area (Å²) >= 11 is 0. The van der Waals surface area contributed by atoms with Gasteiger partial charge in [-0.25, -0.2) is 4.39 Å². The smallest absolute Gasteiger partial charge is 0.123 e. The summed E-state index contributed by atoms with van der Waals surface area (Å²) in [6.45, 7) is 7.65. The molecule has 0 spiro atoms. The second-order valence-electron chi connectivity index (χ2n) is 6.80. The zero-order chi connectivity index (χ0) is 18.4. The average Bonchev–Trinajstić information content (AvgIpc) is 2.68. The minimum absolute atomic E-state index is 0. The first-order valence-corrected chi connectivity index (χ1v) is 9.08. The number of hydrogen-bond acceptors (Lipinski definition) is 3. The molecule has 3 rings (SSSR count). The maximum Gasteiger partial charge on any atom is 0.123 e. The van der Waals surface area contributed by atoms with Gasteiger partial charge in [0.2, 0.25) is 0 Å². The molecule has 2 unspecified atom stereocenters. The molecule has 1 N–H and O–H groups in total. The van der Waals surface area contributed by atoms with Gasteiger partial charge in [0.15, 0.2) is 0 Å². The Hall–Kier alpha value is -1.72. The maximum absolute atomic E-state index is 13.4. The first-order chi connectivity index (χ1) is 12.6. The Kier molecular flexibility index (Phi) is 7.99. The predicted octanol–water partition coefficient (Wildman–Crippen LogP) is 4.13. The quantitative estimate of drug-likeness (QED) is 0.720. The van der Waals surface area contributed by atoms with E-state index in [0.29, 0.717) is 31.7 Å². The fraction of sp³-hybridized carbons (Fsp3) is 0.364. The van der Waals surface area contributed by atoms with E-state index in [2.05, 4.69) is 11.5 Å². The molecule has 1 heterocycles. The third-order valence-electron chi connectivity index (χ3n) is 5.12. The van der Waals surface area contributed by atoms with Crippen molar-refractivity contribution in [1.82, 2.24) is 4.90 Å². The molecule has 1 saturated heterocycles. The van der Waals surface area contributed by atoms with Gasteiger partial charge >= 0.3 is 0 Å². The zero-order valence-corrected chi connectivity index (χ0v) is 16.2. The predicted molar refractivity (Wildman–Crippen MR) is 109 cm³/mol. The highest BCUT2D eigenvalue weighted by Crippen LogP contribution is 2.41. The third-order valence-corrected chi connectivity index (χ3v) is 5.12. The van der Waals surface area contributed by atoms with Gasteiger partial charge < -0.3 is 9.84 Å². The lowest BCUT2D eigenvalue weighted by Crippen LogP contribution is -2.44. The second kappa shape index (κ2) is 10.00. The molecule has 2 aromatic carbocycles. The van der Waals surface area contributed by atoms with E-state index < -0.39 is 5.60 Å². The Morgan fingerprint density at radius 1 is 1.11 bits per heavy atom. The lowest BCUT2D eigenvalue weighted by Gasteiger charge is -2.40. The molecule has 1 aliphatic rings. The lowest BCUT2D eigenvalue weighted by atomic mass is 9.75. The van der Waals surface area contributed by atoms with Crippen LogP contribution in [-0.4, -0.2) is 42.9 Å². The Labute approximate surface area is 166 Å². The molecule has 2 atom stereocenters. The Morgan fingerprint density at radius 2 is 1.74 bits per heavy atom. The summed E-state index contributed by atoms with van der Waals surface area (Å²) in [5.41, 5.74) is 0.614. The first kappa shape index (κ1) is 21.6. The number of halogens is 2. The van der Waals surface area contributed by atoms with Crippen molar-refractivity contribution in [3.05, 3.63) is 84.2 Å². The van der Waals surface area contributed by atoms with E-state index >= 15 is 0 Å². The fourth-order valence-electron chi connectivity index (χ4n) is 3.68. The minimum Gasteiger partial charge on any atom is -0.384 e. The highest BCUT2D eigenvalue weighted by atomic mass is 35.5. The highest BCUT2D eigenvalue weighted by molar-refractivity contribution is 5.85. The van der Waals surface area contributed by atoms with Crippen molar-refractivity contribution in [2.24, 2.45) is 0 Å². The summed E-state index contributed by atoms with van der Waals surface area (Å²) in [7, 11) is 0. The number of nitrogens with zero attached hydrogens (tertiary/aromatic N) is 1. The Bertz CT molecular complexity index is 704. The summed E-state index contributed by atoms with van der Waals surface area (Å²) in [6, 6.07) is 16.2. The van der Waals surface area contributed by atoms with Crippen LogP contribution in [0.15, 0.2) is 67.3 Å². The van der Waals surface area contributed by atoms with Gasteiger partial charge in [-0.05, 0) is 29.7 Å². The molecule has 3 nitrogen and oxygen atoms in total. The number of morpholine rings is 1. The minimum atomic E-state index is -1.16. The van der Waals surface area contributed by atoms with E-state index in [9.17, 15) is 9.50 Å². The van der Waals surface area contributed by atoms with E-state index in [1.54, 1.807) is 18.2 Å². The zero-order valence-electron chi connectivity index (χ0n) is 15.4. The second-order valence-corrected chi connectivity index (χ2v) is 6.80. The van der Waals surface area contributed by atoms with Crippen LogP contribution in [0.5, 0.6) is 0 Å². The van der Waals surface area contributed by atoms with Gasteiger partial charge in [0.1, 0.15) is 11.4 Å². The molecule has 0 saturated carbocycles. The van der Waals surface area contributed by atoms with Crippen LogP contribution < -0.4 is 0 Å². The number of ether oxygens (including phenoxy) is 1. The van der Waals surface area contributed by atoms with Gasteiger partial charge in [-0.1, -0.05) is 48.5 Å². The number of aliphatic hydroxyl groups is 1. The monoisotopic (exact) mass is 391 g/mol. The Balaban J connectivity index is 0.00000261. The van der Waals surface area contributed by atoms with Crippen LogP contribution in [0.2, 0.25) is 0 Å². The summed E-state index contributed by atoms with van der Waals surface area (Å²) < 4.78 is 18.9. The van der Waals surface area contributed by atoms with Gasteiger partial charge in [0.05, 0.1) is 13.2 Å². The number of rotatable bonds is 7. The van der Waals surface area contributed by atoms with Gasteiger partial charge in [-0.2, -0.15) is 0 Å². The molecule has 2 aromatic rings. The molecule has 1 aliphatic heterocycles. The van der Waals surface area contributed by atoms with Crippen molar-refractivity contribution < 1.29 is 14.2 Å². The van der Waals surface area contributed by atoms with E-state index in [1.807, 2.05) is 30.3 Å². The highest BCUT2D eigenvalue weighted by Gasteiger charge is 2.39. The van der Waals surface area contributed by atoms with Gasteiger partial charge in [-0.15, -0.1) is 19.0 Å². The molecule has 1 fully saturated rings. The first-order valence-electron chi connectivity index (χ1n) is 9.08. The van der Waals surface area contributed by atoms with Crippen LogP contribution >= 0.6 is 12.4 Å². The summed E-state index contributed by atoms with van der Waals surface area (Å²) in [5.74, 6) is -0.468. The molecular formula is C22H27ClFNO2.